The fourth-order valence-corrected chi connectivity index (χ4v) is 3.60. The molecular weight excluding hydrogens is 254 g/mol. The molecule has 0 aromatic carbocycles. The van der Waals surface area contributed by atoms with Gasteiger partial charge in [-0.15, -0.1) is 22.9 Å². The Morgan fingerprint density at radius 2 is 2.41 bits per heavy atom. The third-order valence-electron chi connectivity index (χ3n) is 3.32. The fourth-order valence-electron chi connectivity index (χ4n) is 2.33. The van der Waals surface area contributed by atoms with Gasteiger partial charge < -0.3 is 4.90 Å². The lowest BCUT2D eigenvalue weighted by molar-refractivity contribution is 0.666. The molecule has 1 unspecified atom stereocenters. The van der Waals surface area contributed by atoms with E-state index in [1.54, 1.807) is 17.7 Å². The first-order chi connectivity index (χ1) is 8.29. The van der Waals surface area contributed by atoms with Crippen LogP contribution in [0.25, 0.3) is 10.2 Å². The fraction of sp³-hybridized carbons (Fsp3) is 0.500. The van der Waals surface area contributed by atoms with E-state index in [9.17, 15) is 0 Å². The highest BCUT2D eigenvalue weighted by Gasteiger charge is 2.24. The van der Waals surface area contributed by atoms with E-state index in [0.717, 1.165) is 30.3 Å². The zero-order valence-corrected chi connectivity index (χ0v) is 11.3. The number of hydrogen-bond acceptors (Lipinski definition) is 4. The van der Waals surface area contributed by atoms with E-state index in [4.69, 9.17) is 11.6 Å². The molecule has 0 saturated carbocycles. The van der Waals surface area contributed by atoms with Gasteiger partial charge in [-0.2, -0.15) is 0 Å². The molecule has 0 bridgehead atoms. The smallest absolute Gasteiger partial charge is 0.150 e. The van der Waals surface area contributed by atoms with Crippen molar-refractivity contribution in [3.8, 4) is 0 Å². The summed E-state index contributed by atoms with van der Waals surface area (Å²) >= 11 is 7.66. The zero-order chi connectivity index (χ0) is 11.8. The minimum atomic E-state index is 0.600. The predicted octanol–water partition coefficient (Wildman–Crippen LogP) is 3.06. The molecule has 1 fully saturated rings. The van der Waals surface area contributed by atoms with E-state index in [-0.39, 0.29) is 0 Å². The van der Waals surface area contributed by atoms with Crippen LogP contribution in [0, 0.1) is 12.8 Å². The maximum absolute atomic E-state index is 5.93. The van der Waals surface area contributed by atoms with Gasteiger partial charge in [-0.1, -0.05) is 0 Å². The standard InChI is InChI=1S/C12H14ClN3S/c1-8-6-17-11-10(8)14-7-15-12(11)16-3-2-9(4-13)5-16/h6-7,9H,2-5H2,1H3. The van der Waals surface area contributed by atoms with Crippen molar-refractivity contribution >= 4 is 39.0 Å². The van der Waals surface area contributed by atoms with E-state index in [2.05, 4.69) is 27.2 Å². The van der Waals surface area contributed by atoms with Crippen molar-refractivity contribution in [1.82, 2.24) is 9.97 Å². The van der Waals surface area contributed by atoms with Crippen LogP contribution in [0.3, 0.4) is 0 Å². The first-order valence-corrected chi connectivity index (χ1v) is 7.20. The van der Waals surface area contributed by atoms with Gasteiger partial charge in [-0.05, 0) is 30.2 Å². The second-order valence-electron chi connectivity index (χ2n) is 4.55. The summed E-state index contributed by atoms with van der Waals surface area (Å²) in [5.41, 5.74) is 2.33. The molecule has 0 amide bonds. The number of halogens is 1. The molecule has 0 N–H and O–H groups in total. The second-order valence-corrected chi connectivity index (χ2v) is 5.74. The van der Waals surface area contributed by atoms with Gasteiger partial charge in [0, 0.05) is 19.0 Å². The van der Waals surface area contributed by atoms with Gasteiger partial charge in [-0.3, -0.25) is 0 Å². The van der Waals surface area contributed by atoms with Crippen molar-refractivity contribution in [2.24, 2.45) is 5.92 Å². The topological polar surface area (TPSA) is 29.0 Å². The minimum Gasteiger partial charge on any atom is -0.355 e. The number of rotatable bonds is 2. The van der Waals surface area contributed by atoms with Crippen molar-refractivity contribution in [1.29, 1.82) is 0 Å². The highest BCUT2D eigenvalue weighted by molar-refractivity contribution is 7.18. The van der Waals surface area contributed by atoms with Crippen LogP contribution >= 0.6 is 22.9 Å². The molecule has 1 atom stereocenters. The first-order valence-electron chi connectivity index (χ1n) is 5.79. The number of nitrogens with zero attached hydrogens (tertiary/aromatic N) is 3. The van der Waals surface area contributed by atoms with Gasteiger partial charge in [0.05, 0.1) is 10.2 Å². The zero-order valence-electron chi connectivity index (χ0n) is 9.69. The number of fused-ring (bicyclic) bond motifs is 1. The molecule has 3 rings (SSSR count). The van der Waals surface area contributed by atoms with E-state index >= 15 is 0 Å². The molecule has 3 nitrogen and oxygen atoms in total. The Hall–Kier alpha value is -0.870. The molecule has 2 aromatic rings. The van der Waals surface area contributed by atoms with Gasteiger partial charge >= 0.3 is 0 Å². The molecule has 0 spiro atoms. The van der Waals surface area contributed by atoms with Crippen molar-refractivity contribution in [2.45, 2.75) is 13.3 Å². The number of thiophene rings is 1. The Morgan fingerprint density at radius 1 is 1.53 bits per heavy atom. The van der Waals surface area contributed by atoms with Crippen LogP contribution in [0.4, 0.5) is 5.82 Å². The monoisotopic (exact) mass is 267 g/mol. The van der Waals surface area contributed by atoms with E-state index in [0.29, 0.717) is 5.92 Å². The average molecular weight is 268 g/mol. The molecule has 0 aliphatic carbocycles. The van der Waals surface area contributed by atoms with Gasteiger partial charge in [0.2, 0.25) is 0 Å². The Morgan fingerprint density at radius 3 is 3.18 bits per heavy atom. The highest BCUT2D eigenvalue weighted by Crippen LogP contribution is 2.33. The van der Waals surface area contributed by atoms with E-state index < -0.39 is 0 Å². The Balaban J connectivity index is 2.00. The third-order valence-corrected chi connectivity index (χ3v) is 4.84. The van der Waals surface area contributed by atoms with Crippen LogP contribution in [0.15, 0.2) is 11.7 Å². The molecule has 2 aromatic heterocycles. The normalized spacial score (nSPS) is 20.4. The summed E-state index contributed by atoms with van der Waals surface area (Å²) < 4.78 is 1.21. The Labute approximate surface area is 109 Å². The number of aromatic nitrogens is 2. The maximum Gasteiger partial charge on any atom is 0.150 e. The molecule has 1 aliphatic rings. The van der Waals surface area contributed by atoms with Crippen molar-refractivity contribution < 1.29 is 0 Å². The SMILES string of the molecule is Cc1csc2c(N3CCC(CCl)C3)ncnc12. The Bertz CT molecular complexity index is 540. The lowest BCUT2D eigenvalue weighted by atomic mass is 10.2. The van der Waals surface area contributed by atoms with Gasteiger partial charge in [0.25, 0.3) is 0 Å². The summed E-state index contributed by atoms with van der Waals surface area (Å²) in [6.07, 6.45) is 2.84. The molecule has 1 saturated heterocycles. The van der Waals surface area contributed by atoms with E-state index in [1.807, 2.05) is 0 Å². The molecule has 90 valence electrons. The summed E-state index contributed by atoms with van der Waals surface area (Å²) in [6.45, 7) is 4.17. The van der Waals surface area contributed by atoms with Crippen LogP contribution < -0.4 is 4.90 Å². The first kappa shape index (κ1) is 11.2. The molecule has 0 radical (unpaired) electrons. The average Bonchev–Trinajstić information content (AvgIpc) is 2.96. The van der Waals surface area contributed by atoms with Gasteiger partial charge in [0.1, 0.15) is 12.1 Å². The maximum atomic E-state index is 5.93. The number of hydrogen-bond donors (Lipinski definition) is 0. The van der Waals surface area contributed by atoms with Crippen LogP contribution in [0.2, 0.25) is 0 Å². The quantitative estimate of drug-likeness (QED) is 0.783. The van der Waals surface area contributed by atoms with Crippen LogP contribution in [-0.2, 0) is 0 Å². The lowest BCUT2D eigenvalue weighted by Crippen LogP contribution is -2.21. The summed E-state index contributed by atoms with van der Waals surface area (Å²) in [5, 5.41) is 2.15. The van der Waals surface area contributed by atoms with Crippen molar-refractivity contribution in [3.63, 3.8) is 0 Å². The van der Waals surface area contributed by atoms with Crippen LogP contribution in [-0.4, -0.2) is 28.9 Å². The molecule has 17 heavy (non-hydrogen) atoms. The van der Waals surface area contributed by atoms with E-state index in [1.165, 1.54) is 16.7 Å². The number of aryl methyl sites for hydroxylation is 1. The summed E-state index contributed by atoms with van der Waals surface area (Å²) in [5.74, 6) is 2.43. The molecule has 5 heteroatoms. The minimum absolute atomic E-state index is 0.600. The van der Waals surface area contributed by atoms with Crippen molar-refractivity contribution in [2.75, 3.05) is 23.9 Å². The lowest BCUT2D eigenvalue weighted by Gasteiger charge is -2.17. The van der Waals surface area contributed by atoms with Gasteiger partial charge in [0.15, 0.2) is 0 Å². The largest absolute Gasteiger partial charge is 0.355 e. The summed E-state index contributed by atoms with van der Waals surface area (Å²) in [7, 11) is 0. The second kappa shape index (κ2) is 4.42. The summed E-state index contributed by atoms with van der Waals surface area (Å²) in [4.78, 5) is 11.2. The predicted molar refractivity (Wildman–Crippen MR) is 73.2 cm³/mol. The number of anilines is 1. The molecule has 3 heterocycles. The van der Waals surface area contributed by atoms with Crippen LogP contribution in [0.1, 0.15) is 12.0 Å². The third kappa shape index (κ3) is 1.89. The molecular formula is C12H14ClN3S. The Kier molecular flexibility index (Phi) is 2.92. The summed E-state index contributed by atoms with van der Waals surface area (Å²) in [6, 6.07) is 0. The number of alkyl halides is 1. The van der Waals surface area contributed by atoms with Gasteiger partial charge in [-0.25, -0.2) is 9.97 Å². The highest BCUT2D eigenvalue weighted by atomic mass is 35.5. The van der Waals surface area contributed by atoms with Crippen LogP contribution in [0.5, 0.6) is 0 Å². The molecule has 1 aliphatic heterocycles. The van der Waals surface area contributed by atoms with Crippen molar-refractivity contribution in [3.05, 3.63) is 17.3 Å².